The molecule has 0 N–H and O–H groups in total. The van der Waals surface area contributed by atoms with Crippen molar-refractivity contribution < 1.29 is 40.6 Å². The number of halogens is 6. The van der Waals surface area contributed by atoms with Crippen molar-refractivity contribution in [2.75, 3.05) is 25.1 Å². The number of aromatic nitrogens is 1. The summed E-state index contributed by atoms with van der Waals surface area (Å²) in [7, 11) is 1.56. The van der Waals surface area contributed by atoms with Crippen LogP contribution in [-0.2, 0) is 22.1 Å². The van der Waals surface area contributed by atoms with Crippen molar-refractivity contribution in [2.24, 2.45) is 0 Å². The molecule has 0 fully saturated rings. The molecule has 0 saturated heterocycles. The SMILES string of the molecule is CN(CCOC(=O)Cc1ccc(OC(F)(F)F)cc1)c1cc(C(F)(F)F)nc2ccccc12. The summed E-state index contributed by atoms with van der Waals surface area (Å²) in [5.74, 6) is -1.05. The maximum absolute atomic E-state index is 13.2. The number of carbonyl (C=O) groups excluding carboxylic acids is 1. The van der Waals surface area contributed by atoms with E-state index in [1.165, 1.54) is 23.1 Å². The first-order valence-corrected chi connectivity index (χ1v) is 9.61. The molecule has 0 radical (unpaired) electrons. The van der Waals surface area contributed by atoms with Crippen LogP contribution in [0.2, 0.25) is 0 Å². The molecule has 0 amide bonds. The average molecular weight is 472 g/mol. The van der Waals surface area contributed by atoms with E-state index in [-0.39, 0.29) is 30.8 Å². The van der Waals surface area contributed by atoms with Crippen molar-refractivity contribution >= 4 is 22.6 Å². The second-order valence-corrected chi connectivity index (χ2v) is 7.05. The van der Waals surface area contributed by atoms with Gasteiger partial charge in [0.05, 0.1) is 18.5 Å². The molecule has 1 aromatic heterocycles. The van der Waals surface area contributed by atoms with Gasteiger partial charge >= 0.3 is 18.5 Å². The van der Waals surface area contributed by atoms with E-state index < -0.39 is 30.0 Å². The Kier molecular flexibility index (Phi) is 6.99. The maximum atomic E-state index is 13.2. The molecular weight excluding hydrogens is 454 g/mol. The summed E-state index contributed by atoms with van der Waals surface area (Å²) in [6.45, 7) is -0.00198. The molecule has 0 bridgehead atoms. The number of fused-ring (bicyclic) bond motifs is 1. The normalized spacial score (nSPS) is 12.0. The van der Waals surface area contributed by atoms with E-state index in [4.69, 9.17) is 4.74 Å². The molecule has 0 saturated carbocycles. The lowest BCUT2D eigenvalue weighted by atomic mass is 10.1. The highest BCUT2D eigenvalue weighted by Crippen LogP contribution is 2.34. The van der Waals surface area contributed by atoms with Gasteiger partial charge in [-0.15, -0.1) is 13.2 Å². The summed E-state index contributed by atoms with van der Waals surface area (Å²) in [6.07, 6.45) is -9.62. The fourth-order valence-corrected chi connectivity index (χ4v) is 3.06. The van der Waals surface area contributed by atoms with E-state index in [9.17, 15) is 31.1 Å². The van der Waals surface area contributed by atoms with Gasteiger partial charge < -0.3 is 14.4 Å². The van der Waals surface area contributed by atoms with Crippen LogP contribution in [0.25, 0.3) is 10.9 Å². The van der Waals surface area contributed by atoms with Gasteiger partial charge in [-0.1, -0.05) is 30.3 Å². The van der Waals surface area contributed by atoms with Gasteiger partial charge in [-0.05, 0) is 29.8 Å². The summed E-state index contributed by atoms with van der Waals surface area (Å²) in [6, 6.07) is 12.1. The minimum absolute atomic E-state index is 0.107. The van der Waals surface area contributed by atoms with Crippen molar-refractivity contribution in [3.8, 4) is 5.75 Å². The number of ether oxygens (including phenoxy) is 2. The number of alkyl halides is 6. The number of anilines is 1. The molecular formula is C22H18F6N2O3. The zero-order valence-corrected chi connectivity index (χ0v) is 17.2. The average Bonchev–Trinajstić information content (AvgIpc) is 2.72. The van der Waals surface area contributed by atoms with Crippen LogP contribution in [0, 0.1) is 0 Å². The fraction of sp³-hybridized carbons (Fsp3) is 0.273. The van der Waals surface area contributed by atoms with Crippen LogP contribution in [0.3, 0.4) is 0 Å². The largest absolute Gasteiger partial charge is 0.573 e. The lowest BCUT2D eigenvalue weighted by Gasteiger charge is -2.22. The Morgan fingerprint density at radius 3 is 2.30 bits per heavy atom. The molecule has 0 aliphatic rings. The Morgan fingerprint density at radius 1 is 1.00 bits per heavy atom. The van der Waals surface area contributed by atoms with Gasteiger partial charge in [0.25, 0.3) is 0 Å². The zero-order valence-electron chi connectivity index (χ0n) is 17.2. The van der Waals surface area contributed by atoms with Crippen molar-refractivity contribution in [3.63, 3.8) is 0 Å². The molecule has 0 aliphatic heterocycles. The summed E-state index contributed by atoms with van der Waals surface area (Å²) in [5.41, 5.74) is -0.149. The maximum Gasteiger partial charge on any atom is 0.573 e. The molecule has 0 unspecified atom stereocenters. The van der Waals surface area contributed by atoms with E-state index in [1.54, 1.807) is 25.2 Å². The number of benzene rings is 2. The van der Waals surface area contributed by atoms with Gasteiger partial charge in [-0.25, -0.2) is 4.98 Å². The Hall–Kier alpha value is -3.50. The number of rotatable bonds is 7. The molecule has 176 valence electrons. The summed E-state index contributed by atoms with van der Waals surface area (Å²) < 4.78 is 85.1. The van der Waals surface area contributed by atoms with Crippen LogP contribution >= 0.6 is 0 Å². The van der Waals surface area contributed by atoms with Gasteiger partial charge in [0.1, 0.15) is 18.1 Å². The third-order valence-electron chi connectivity index (χ3n) is 4.59. The van der Waals surface area contributed by atoms with Crippen molar-refractivity contribution in [2.45, 2.75) is 19.0 Å². The molecule has 0 aliphatic carbocycles. The van der Waals surface area contributed by atoms with E-state index in [0.29, 0.717) is 10.9 Å². The van der Waals surface area contributed by atoms with E-state index >= 15 is 0 Å². The lowest BCUT2D eigenvalue weighted by molar-refractivity contribution is -0.274. The number of carbonyl (C=O) groups is 1. The molecule has 0 atom stereocenters. The van der Waals surface area contributed by atoms with Crippen LogP contribution < -0.4 is 9.64 Å². The predicted molar refractivity (Wildman–Crippen MR) is 108 cm³/mol. The monoisotopic (exact) mass is 472 g/mol. The van der Waals surface area contributed by atoms with E-state index in [0.717, 1.165) is 18.2 Å². The first-order valence-electron chi connectivity index (χ1n) is 9.61. The number of nitrogens with zero attached hydrogens (tertiary/aromatic N) is 2. The second kappa shape index (κ2) is 9.55. The van der Waals surface area contributed by atoms with Gasteiger partial charge in [0.15, 0.2) is 0 Å². The first-order chi connectivity index (χ1) is 15.4. The van der Waals surface area contributed by atoms with E-state index in [1.807, 2.05) is 0 Å². The number of hydrogen-bond acceptors (Lipinski definition) is 5. The third-order valence-corrected chi connectivity index (χ3v) is 4.59. The topological polar surface area (TPSA) is 51.7 Å². The Morgan fingerprint density at radius 2 is 1.67 bits per heavy atom. The van der Waals surface area contributed by atoms with Gasteiger partial charge in [-0.3, -0.25) is 4.79 Å². The quantitative estimate of drug-likeness (QED) is 0.342. The molecule has 0 spiro atoms. The first kappa shape index (κ1) is 24.1. The molecule has 2 aromatic carbocycles. The minimum atomic E-state index is -4.81. The zero-order chi connectivity index (χ0) is 24.2. The van der Waals surface area contributed by atoms with Crippen LogP contribution in [0.15, 0.2) is 54.6 Å². The molecule has 3 aromatic rings. The van der Waals surface area contributed by atoms with Gasteiger partial charge in [0.2, 0.25) is 0 Å². The summed E-state index contributed by atoms with van der Waals surface area (Å²) >= 11 is 0. The highest BCUT2D eigenvalue weighted by atomic mass is 19.4. The number of hydrogen-bond donors (Lipinski definition) is 0. The molecule has 1 heterocycles. The lowest BCUT2D eigenvalue weighted by Crippen LogP contribution is -2.25. The van der Waals surface area contributed by atoms with Crippen LogP contribution in [0.4, 0.5) is 32.0 Å². The van der Waals surface area contributed by atoms with Crippen LogP contribution in [0.1, 0.15) is 11.3 Å². The van der Waals surface area contributed by atoms with Crippen molar-refractivity contribution in [1.29, 1.82) is 0 Å². The highest BCUT2D eigenvalue weighted by Gasteiger charge is 2.34. The Bertz CT molecular complexity index is 1110. The number of esters is 1. The Labute approximate surface area is 184 Å². The molecule has 11 heteroatoms. The Balaban J connectivity index is 1.59. The summed E-state index contributed by atoms with van der Waals surface area (Å²) in [5, 5.41) is 0.514. The number of para-hydroxylation sites is 1. The second-order valence-electron chi connectivity index (χ2n) is 7.05. The highest BCUT2D eigenvalue weighted by molar-refractivity contribution is 5.92. The molecule has 33 heavy (non-hydrogen) atoms. The number of pyridine rings is 1. The number of likely N-dealkylation sites (N-methyl/N-ethyl adjacent to an activating group) is 1. The molecule has 5 nitrogen and oxygen atoms in total. The predicted octanol–water partition coefficient (Wildman–Crippen LogP) is 5.37. The van der Waals surface area contributed by atoms with Gasteiger partial charge in [-0.2, -0.15) is 13.2 Å². The third kappa shape index (κ3) is 6.74. The summed E-state index contributed by atoms with van der Waals surface area (Å²) in [4.78, 5) is 17.2. The van der Waals surface area contributed by atoms with Crippen LogP contribution in [0.5, 0.6) is 5.75 Å². The van der Waals surface area contributed by atoms with Crippen molar-refractivity contribution in [1.82, 2.24) is 4.98 Å². The van der Waals surface area contributed by atoms with Crippen molar-refractivity contribution in [3.05, 3.63) is 65.9 Å². The standard InChI is InChI=1S/C22H18F6N2O3/c1-30(18-13-19(21(23,24)25)29-17-5-3-2-4-16(17)18)10-11-32-20(31)12-14-6-8-15(9-7-14)33-22(26,27)28/h2-9,13H,10-12H2,1H3. The van der Waals surface area contributed by atoms with Crippen LogP contribution in [-0.4, -0.2) is 37.5 Å². The van der Waals surface area contributed by atoms with Gasteiger partial charge in [0, 0.05) is 18.1 Å². The smallest absolute Gasteiger partial charge is 0.464 e. The van der Waals surface area contributed by atoms with E-state index in [2.05, 4.69) is 9.72 Å². The molecule has 3 rings (SSSR count). The fourth-order valence-electron chi connectivity index (χ4n) is 3.06. The minimum Gasteiger partial charge on any atom is -0.464 e.